The summed E-state index contributed by atoms with van der Waals surface area (Å²) in [6, 6.07) is 1.29. The van der Waals surface area contributed by atoms with Gasteiger partial charge in [0.15, 0.2) is 5.43 Å². The fourth-order valence-electron chi connectivity index (χ4n) is 1.66. The molecule has 0 aliphatic heterocycles. The average Bonchev–Trinajstić information content (AvgIpc) is 2.33. The smallest absolute Gasteiger partial charge is 0.355 e. The molecule has 0 saturated heterocycles. The van der Waals surface area contributed by atoms with E-state index in [1.165, 1.54) is 10.6 Å². The Morgan fingerprint density at radius 3 is 2.21 bits per heavy atom. The zero-order valence-corrected chi connectivity index (χ0v) is 11.5. The molecule has 1 rings (SSSR count). The molecule has 0 unspecified atom stereocenters. The van der Waals surface area contributed by atoms with Crippen LogP contribution in [0.15, 0.2) is 10.9 Å². The molecule has 0 saturated carbocycles. The van der Waals surface area contributed by atoms with Gasteiger partial charge in [-0.25, -0.2) is 9.59 Å². The first-order chi connectivity index (χ1) is 8.93. The van der Waals surface area contributed by atoms with Gasteiger partial charge in [0.2, 0.25) is 0 Å². The van der Waals surface area contributed by atoms with Gasteiger partial charge < -0.3 is 14.0 Å². The second-order valence-electron chi connectivity index (χ2n) is 3.87. The molecule has 6 nitrogen and oxygen atoms in total. The van der Waals surface area contributed by atoms with E-state index in [0.717, 1.165) is 0 Å². The van der Waals surface area contributed by atoms with Crippen LogP contribution in [-0.2, 0) is 16.5 Å². The standard InChI is InChI=1S/C13H17NO5/c1-5-18-12(16)10-9(15)7-8(3)14(4)11(10)13(17)19-6-2/h7H,5-6H2,1-4H3. The highest BCUT2D eigenvalue weighted by atomic mass is 16.5. The van der Waals surface area contributed by atoms with E-state index in [2.05, 4.69) is 0 Å². The van der Waals surface area contributed by atoms with Gasteiger partial charge in [0, 0.05) is 18.8 Å². The fourth-order valence-corrected chi connectivity index (χ4v) is 1.66. The summed E-state index contributed by atoms with van der Waals surface area (Å²) < 4.78 is 11.1. The number of rotatable bonds is 4. The third kappa shape index (κ3) is 3.01. The summed E-state index contributed by atoms with van der Waals surface area (Å²) in [5.41, 5.74) is -0.350. The molecular weight excluding hydrogens is 250 g/mol. The van der Waals surface area contributed by atoms with Crippen LogP contribution in [0.1, 0.15) is 40.4 Å². The average molecular weight is 267 g/mol. The molecule has 1 aromatic rings. The number of hydrogen-bond donors (Lipinski definition) is 0. The van der Waals surface area contributed by atoms with Crippen molar-refractivity contribution in [1.29, 1.82) is 0 Å². The monoisotopic (exact) mass is 267 g/mol. The van der Waals surface area contributed by atoms with Crippen molar-refractivity contribution in [3.05, 3.63) is 33.2 Å². The summed E-state index contributed by atoms with van der Waals surface area (Å²) in [7, 11) is 1.59. The Morgan fingerprint density at radius 1 is 1.16 bits per heavy atom. The van der Waals surface area contributed by atoms with Crippen molar-refractivity contribution in [3.8, 4) is 0 Å². The van der Waals surface area contributed by atoms with Gasteiger partial charge in [0.05, 0.1) is 13.2 Å². The van der Waals surface area contributed by atoms with Crippen molar-refractivity contribution in [2.75, 3.05) is 13.2 Å². The van der Waals surface area contributed by atoms with Crippen molar-refractivity contribution in [2.45, 2.75) is 20.8 Å². The minimum atomic E-state index is -0.814. The molecule has 0 aromatic carbocycles. The third-order valence-corrected chi connectivity index (χ3v) is 2.64. The van der Waals surface area contributed by atoms with E-state index >= 15 is 0 Å². The minimum absolute atomic E-state index is 0.0784. The largest absolute Gasteiger partial charge is 0.462 e. The molecule has 0 aliphatic rings. The van der Waals surface area contributed by atoms with Gasteiger partial charge in [-0.2, -0.15) is 0 Å². The Bertz CT molecular complexity index is 559. The van der Waals surface area contributed by atoms with E-state index in [4.69, 9.17) is 9.47 Å². The molecule has 19 heavy (non-hydrogen) atoms. The SMILES string of the molecule is CCOC(=O)c1c(C(=O)OCC)n(C)c(C)cc1=O. The molecule has 104 valence electrons. The molecular formula is C13H17NO5. The topological polar surface area (TPSA) is 74.6 Å². The zero-order chi connectivity index (χ0) is 14.6. The van der Waals surface area contributed by atoms with Crippen LogP contribution in [0.25, 0.3) is 0 Å². The molecule has 0 aliphatic carbocycles. The van der Waals surface area contributed by atoms with Gasteiger partial charge in [-0.1, -0.05) is 0 Å². The number of nitrogens with zero attached hydrogens (tertiary/aromatic N) is 1. The van der Waals surface area contributed by atoms with Gasteiger partial charge >= 0.3 is 11.9 Å². The molecule has 0 N–H and O–H groups in total. The fraction of sp³-hybridized carbons (Fsp3) is 0.462. The lowest BCUT2D eigenvalue weighted by atomic mass is 10.1. The third-order valence-electron chi connectivity index (χ3n) is 2.64. The van der Waals surface area contributed by atoms with Crippen molar-refractivity contribution in [1.82, 2.24) is 4.57 Å². The predicted octanol–water partition coefficient (Wildman–Crippen LogP) is 1.05. The second-order valence-corrected chi connectivity index (χ2v) is 3.87. The lowest BCUT2D eigenvalue weighted by molar-refractivity contribution is 0.0467. The van der Waals surface area contributed by atoms with E-state index in [1.54, 1.807) is 27.8 Å². The molecule has 0 bridgehead atoms. The number of pyridine rings is 1. The summed E-state index contributed by atoms with van der Waals surface area (Å²) in [6.07, 6.45) is 0. The Balaban J connectivity index is 3.51. The van der Waals surface area contributed by atoms with E-state index in [9.17, 15) is 14.4 Å². The molecule has 1 heterocycles. The number of aryl methyl sites for hydroxylation is 1. The number of aromatic nitrogens is 1. The molecule has 0 radical (unpaired) electrons. The van der Waals surface area contributed by atoms with Gasteiger partial charge in [-0.3, -0.25) is 4.79 Å². The maximum absolute atomic E-state index is 11.9. The molecule has 0 amide bonds. The number of esters is 2. The summed E-state index contributed by atoms with van der Waals surface area (Å²) in [4.78, 5) is 35.6. The summed E-state index contributed by atoms with van der Waals surface area (Å²) >= 11 is 0. The van der Waals surface area contributed by atoms with E-state index < -0.39 is 17.4 Å². The summed E-state index contributed by atoms with van der Waals surface area (Å²) in [6.45, 7) is 5.22. The number of ether oxygens (including phenoxy) is 2. The van der Waals surface area contributed by atoms with E-state index in [-0.39, 0.29) is 24.5 Å². The van der Waals surface area contributed by atoms with Gasteiger partial charge in [0.25, 0.3) is 0 Å². The van der Waals surface area contributed by atoms with Crippen molar-refractivity contribution in [3.63, 3.8) is 0 Å². The van der Waals surface area contributed by atoms with Crippen LogP contribution in [0, 0.1) is 6.92 Å². The lowest BCUT2D eigenvalue weighted by Crippen LogP contribution is -2.28. The maximum atomic E-state index is 11.9. The normalized spacial score (nSPS) is 10.1. The van der Waals surface area contributed by atoms with Crippen LogP contribution in [0.2, 0.25) is 0 Å². The summed E-state index contributed by atoms with van der Waals surface area (Å²) in [5.74, 6) is -1.53. The van der Waals surface area contributed by atoms with Crippen LogP contribution in [0.5, 0.6) is 0 Å². The second kappa shape index (κ2) is 6.17. The Hall–Kier alpha value is -2.11. The molecule has 0 spiro atoms. The molecule has 1 aromatic heterocycles. The summed E-state index contributed by atoms with van der Waals surface area (Å²) in [5, 5.41) is 0. The van der Waals surface area contributed by atoms with E-state index in [0.29, 0.717) is 5.69 Å². The maximum Gasteiger partial charge on any atom is 0.355 e. The van der Waals surface area contributed by atoms with Crippen LogP contribution in [0.4, 0.5) is 0 Å². The predicted molar refractivity (Wildman–Crippen MR) is 68.3 cm³/mol. The highest BCUT2D eigenvalue weighted by Gasteiger charge is 2.25. The van der Waals surface area contributed by atoms with Crippen molar-refractivity contribution >= 4 is 11.9 Å². The number of carbonyl (C=O) groups excluding carboxylic acids is 2. The van der Waals surface area contributed by atoms with Crippen molar-refractivity contribution in [2.24, 2.45) is 7.05 Å². The van der Waals surface area contributed by atoms with Crippen molar-refractivity contribution < 1.29 is 19.1 Å². The lowest BCUT2D eigenvalue weighted by Gasteiger charge is -2.14. The van der Waals surface area contributed by atoms with Crippen LogP contribution in [0.3, 0.4) is 0 Å². The van der Waals surface area contributed by atoms with Crippen LogP contribution >= 0.6 is 0 Å². The van der Waals surface area contributed by atoms with Gasteiger partial charge in [-0.05, 0) is 20.8 Å². The van der Waals surface area contributed by atoms with Gasteiger partial charge in [-0.15, -0.1) is 0 Å². The first-order valence-corrected chi connectivity index (χ1v) is 5.98. The Morgan fingerprint density at radius 2 is 1.68 bits per heavy atom. The highest BCUT2D eigenvalue weighted by molar-refractivity contribution is 6.01. The zero-order valence-electron chi connectivity index (χ0n) is 11.5. The molecule has 0 atom stereocenters. The highest BCUT2D eigenvalue weighted by Crippen LogP contribution is 2.10. The van der Waals surface area contributed by atoms with E-state index in [1.807, 2.05) is 0 Å². The van der Waals surface area contributed by atoms with Crippen LogP contribution < -0.4 is 5.43 Å². The number of hydrogen-bond acceptors (Lipinski definition) is 5. The molecule has 0 fully saturated rings. The first kappa shape index (κ1) is 14.9. The molecule has 6 heteroatoms. The Kier molecular flexibility index (Phi) is 4.86. The minimum Gasteiger partial charge on any atom is -0.462 e. The van der Waals surface area contributed by atoms with Crippen LogP contribution in [-0.4, -0.2) is 29.7 Å². The quantitative estimate of drug-likeness (QED) is 0.762. The number of carbonyl (C=O) groups is 2. The van der Waals surface area contributed by atoms with Gasteiger partial charge in [0.1, 0.15) is 11.3 Å². The Labute approximate surface area is 110 Å². The first-order valence-electron chi connectivity index (χ1n) is 5.98.